The highest BCUT2D eigenvalue weighted by Crippen LogP contribution is 2.31. The van der Waals surface area contributed by atoms with Crippen molar-refractivity contribution in [1.82, 2.24) is 4.31 Å². The highest BCUT2D eigenvalue weighted by atomic mass is 35.5. The predicted octanol–water partition coefficient (Wildman–Crippen LogP) is 3.57. The van der Waals surface area contributed by atoms with E-state index in [2.05, 4.69) is 4.74 Å². The summed E-state index contributed by atoms with van der Waals surface area (Å²) >= 11 is 5.86. The fourth-order valence-electron chi connectivity index (χ4n) is 3.47. The number of alkyl halides is 3. The molecule has 0 aliphatic carbocycles. The second-order valence-electron chi connectivity index (χ2n) is 7.22. The van der Waals surface area contributed by atoms with Gasteiger partial charge >= 0.3 is 6.36 Å². The molecule has 2 N–H and O–H groups in total. The minimum absolute atomic E-state index is 0.0419. The van der Waals surface area contributed by atoms with Gasteiger partial charge in [-0.2, -0.15) is 4.31 Å². The molecule has 1 amide bonds. The zero-order valence-corrected chi connectivity index (χ0v) is 18.2. The van der Waals surface area contributed by atoms with E-state index < -0.39 is 40.1 Å². The number of ether oxygens (including phenoxy) is 2. The van der Waals surface area contributed by atoms with Crippen LogP contribution >= 0.6 is 11.6 Å². The van der Waals surface area contributed by atoms with Crippen molar-refractivity contribution in [2.24, 2.45) is 11.7 Å². The zero-order chi connectivity index (χ0) is 23.5. The second-order valence-corrected chi connectivity index (χ2v) is 9.59. The van der Waals surface area contributed by atoms with Crippen molar-refractivity contribution >= 4 is 27.5 Å². The number of carbonyl (C=O) groups excluding carboxylic acids is 1. The van der Waals surface area contributed by atoms with E-state index >= 15 is 0 Å². The number of nitrogens with two attached hydrogens (primary N) is 1. The molecule has 0 spiro atoms. The molecule has 174 valence electrons. The number of hydrogen-bond donors (Lipinski definition) is 1. The van der Waals surface area contributed by atoms with Crippen molar-refractivity contribution in [3.63, 3.8) is 0 Å². The Hall–Kier alpha value is -2.50. The first-order chi connectivity index (χ1) is 14.9. The monoisotopic (exact) mass is 492 g/mol. The third-order valence-electron chi connectivity index (χ3n) is 4.87. The van der Waals surface area contributed by atoms with Crippen molar-refractivity contribution in [2.45, 2.75) is 30.2 Å². The molecule has 0 aromatic heterocycles. The molecule has 1 heterocycles. The second kappa shape index (κ2) is 9.55. The molecule has 3 rings (SSSR count). The van der Waals surface area contributed by atoms with E-state index in [-0.39, 0.29) is 30.8 Å². The van der Waals surface area contributed by atoms with Crippen molar-refractivity contribution in [2.75, 3.05) is 13.1 Å². The quantitative estimate of drug-likeness (QED) is 0.637. The smallest absolute Gasteiger partial charge is 0.490 e. The Morgan fingerprint density at radius 1 is 1.16 bits per heavy atom. The Labute approximate surface area is 187 Å². The van der Waals surface area contributed by atoms with E-state index in [4.69, 9.17) is 22.1 Å². The number of hydrogen-bond acceptors (Lipinski definition) is 5. The summed E-state index contributed by atoms with van der Waals surface area (Å²) in [6, 6.07) is 10.7. The van der Waals surface area contributed by atoms with Crippen LogP contribution in [0.3, 0.4) is 0 Å². The number of halogens is 4. The first-order valence-electron chi connectivity index (χ1n) is 9.50. The van der Waals surface area contributed by atoms with Crippen LogP contribution in [-0.2, 0) is 14.8 Å². The molecular formula is C20H20ClF3N2O5S. The Morgan fingerprint density at radius 2 is 1.84 bits per heavy atom. The van der Waals surface area contributed by atoms with Gasteiger partial charge in [0.25, 0.3) is 0 Å². The fourth-order valence-corrected chi connectivity index (χ4v) is 5.15. The van der Waals surface area contributed by atoms with Crippen LogP contribution in [0.25, 0.3) is 0 Å². The highest BCUT2D eigenvalue weighted by molar-refractivity contribution is 7.89. The van der Waals surface area contributed by atoms with Crippen LogP contribution < -0.4 is 15.2 Å². The van der Waals surface area contributed by atoms with Gasteiger partial charge in [0.15, 0.2) is 0 Å². The number of piperidine rings is 1. The lowest BCUT2D eigenvalue weighted by Gasteiger charge is -2.37. The molecule has 1 fully saturated rings. The van der Waals surface area contributed by atoms with E-state index in [1.807, 2.05) is 0 Å². The number of nitrogens with zero attached hydrogens (tertiary/aromatic N) is 1. The topological polar surface area (TPSA) is 98.9 Å². The normalized spacial score (nSPS) is 20.0. The number of amides is 1. The molecule has 7 nitrogen and oxygen atoms in total. The number of carbonyl (C=O) groups is 1. The first kappa shape index (κ1) is 24.1. The Kier molecular flexibility index (Phi) is 7.21. The first-order valence-corrected chi connectivity index (χ1v) is 11.3. The molecule has 1 aliphatic heterocycles. The van der Waals surface area contributed by atoms with E-state index in [9.17, 15) is 26.4 Å². The number of primary amides is 1. The van der Waals surface area contributed by atoms with Gasteiger partial charge in [0.05, 0.1) is 4.90 Å². The van der Waals surface area contributed by atoms with E-state index in [1.165, 1.54) is 6.07 Å². The van der Waals surface area contributed by atoms with Gasteiger partial charge in [0, 0.05) is 36.5 Å². The maximum absolute atomic E-state index is 13.1. The SMILES string of the molecule is NC(=O)C[C@H]1CN(S(=O)(=O)c2cccc(OC(F)(F)F)c2)CC[C@@H]1Oc1ccc(Cl)cc1. The van der Waals surface area contributed by atoms with Gasteiger partial charge in [0.2, 0.25) is 15.9 Å². The van der Waals surface area contributed by atoms with Gasteiger partial charge in [-0.15, -0.1) is 13.2 Å². The standard InChI is InChI=1S/C20H20ClF3N2O5S/c21-14-4-6-15(7-5-14)30-18-8-9-26(12-13(18)10-19(25)27)32(28,29)17-3-1-2-16(11-17)31-20(22,23)24/h1-7,11,13,18H,8-10,12H2,(H2,25,27)/t13-,18-/m0/s1. The van der Waals surface area contributed by atoms with E-state index in [1.54, 1.807) is 24.3 Å². The van der Waals surface area contributed by atoms with Gasteiger partial charge < -0.3 is 15.2 Å². The van der Waals surface area contributed by atoms with Crippen LogP contribution in [0.1, 0.15) is 12.8 Å². The zero-order valence-electron chi connectivity index (χ0n) is 16.6. The van der Waals surface area contributed by atoms with Gasteiger partial charge in [-0.3, -0.25) is 4.79 Å². The molecule has 0 radical (unpaired) electrons. The van der Waals surface area contributed by atoms with Gasteiger partial charge in [-0.25, -0.2) is 8.42 Å². The summed E-state index contributed by atoms with van der Waals surface area (Å²) in [5, 5.41) is 0.517. The van der Waals surface area contributed by atoms with Crippen molar-refractivity contribution < 1.29 is 35.9 Å². The summed E-state index contributed by atoms with van der Waals surface area (Å²) in [5.74, 6) is -1.32. The minimum Gasteiger partial charge on any atom is -0.490 e. The van der Waals surface area contributed by atoms with Crippen molar-refractivity contribution in [3.05, 3.63) is 53.6 Å². The van der Waals surface area contributed by atoms with E-state index in [0.717, 1.165) is 22.5 Å². The van der Waals surface area contributed by atoms with E-state index in [0.29, 0.717) is 10.8 Å². The van der Waals surface area contributed by atoms with Crippen molar-refractivity contribution in [3.8, 4) is 11.5 Å². The molecule has 0 saturated carbocycles. The van der Waals surface area contributed by atoms with Gasteiger partial charge in [-0.1, -0.05) is 17.7 Å². The molecule has 0 bridgehead atoms. The van der Waals surface area contributed by atoms with Crippen LogP contribution in [0.5, 0.6) is 11.5 Å². The lowest BCUT2D eigenvalue weighted by molar-refractivity contribution is -0.274. The lowest BCUT2D eigenvalue weighted by Crippen LogP contribution is -2.48. The number of sulfonamides is 1. The lowest BCUT2D eigenvalue weighted by atomic mass is 9.92. The summed E-state index contributed by atoms with van der Waals surface area (Å²) in [6.07, 6.45) is -5.32. The average molecular weight is 493 g/mol. The largest absolute Gasteiger partial charge is 0.573 e. The fraction of sp³-hybridized carbons (Fsp3) is 0.350. The summed E-state index contributed by atoms with van der Waals surface area (Å²) in [7, 11) is -4.15. The minimum atomic E-state index is -4.95. The Bertz CT molecular complexity index is 1060. The molecular weight excluding hydrogens is 473 g/mol. The summed E-state index contributed by atoms with van der Waals surface area (Å²) in [4.78, 5) is 11.2. The van der Waals surface area contributed by atoms with Crippen LogP contribution in [0.2, 0.25) is 5.02 Å². The van der Waals surface area contributed by atoms with Gasteiger partial charge in [0.1, 0.15) is 17.6 Å². The van der Waals surface area contributed by atoms with Gasteiger partial charge in [-0.05, 0) is 42.8 Å². The van der Waals surface area contributed by atoms with Crippen LogP contribution in [0.4, 0.5) is 13.2 Å². The molecule has 0 unspecified atom stereocenters. The number of rotatable bonds is 7. The van der Waals surface area contributed by atoms with Crippen LogP contribution in [0, 0.1) is 5.92 Å². The maximum atomic E-state index is 13.1. The molecule has 2 aromatic carbocycles. The predicted molar refractivity (Wildman–Crippen MR) is 110 cm³/mol. The summed E-state index contributed by atoms with van der Waals surface area (Å²) in [5.41, 5.74) is 5.34. The average Bonchev–Trinajstić information content (AvgIpc) is 2.69. The number of benzene rings is 2. The molecule has 2 aromatic rings. The van der Waals surface area contributed by atoms with Crippen molar-refractivity contribution in [1.29, 1.82) is 0 Å². The molecule has 2 atom stereocenters. The Balaban J connectivity index is 1.79. The van der Waals surface area contributed by atoms with Crippen LogP contribution in [0.15, 0.2) is 53.4 Å². The highest BCUT2D eigenvalue weighted by Gasteiger charge is 2.38. The molecule has 1 saturated heterocycles. The molecule has 12 heteroatoms. The maximum Gasteiger partial charge on any atom is 0.573 e. The molecule has 1 aliphatic rings. The summed E-state index contributed by atoms with van der Waals surface area (Å²) in [6.45, 7) is -0.0475. The third kappa shape index (κ3) is 6.27. The third-order valence-corrected chi connectivity index (χ3v) is 6.98. The Morgan fingerprint density at radius 3 is 2.47 bits per heavy atom. The van der Waals surface area contributed by atoms with Crippen LogP contribution in [-0.4, -0.2) is 44.2 Å². The summed E-state index contributed by atoms with van der Waals surface area (Å²) < 4.78 is 74.4. The molecule has 32 heavy (non-hydrogen) atoms.